The van der Waals surface area contributed by atoms with Crippen molar-refractivity contribution in [3.8, 4) is 0 Å². The first-order chi connectivity index (χ1) is 10.2. The van der Waals surface area contributed by atoms with Crippen LogP contribution >= 0.6 is 15.9 Å². The maximum Gasteiger partial charge on any atom is 0.124 e. The molecule has 3 aromatic rings. The molecule has 0 amide bonds. The predicted octanol–water partition coefficient (Wildman–Crippen LogP) is 4.42. The molecule has 0 fully saturated rings. The highest BCUT2D eigenvalue weighted by Gasteiger charge is 2.06. The summed E-state index contributed by atoms with van der Waals surface area (Å²) in [6.45, 7) is 0.610. The van der Waals surface area contributed by atoms with E-state index in [1.165, 1.54) is 11.6 Å². The summed E-state index contributed by atoms with van der Waals surface area (Å²) in [4.78, 5) is 4.41. The van der Waals surface area contributed by atoms with Crippen molar-refractivity contribution in [2.24, 2.45) is 0 Å². The second-order valence-electron chi connectivity index (χ2n) is 4.91. The smallest absolute Gasteiger partial charge is 0.124 e. The molecule has 0 atom stereocenters. The molecule has 1 aromatic heterocycles. The number of imidazole rings is 1. The van der Waals surface area contributed by atoms with E-state index in [0.29, 0.717) is 6.54 Å². The number of nitrogens with zero attached hydrogens (tertiary/aromatic N) is 2. The molecule has 106 valence electrons. The van der Waals surface area contributed by atoms with Gasteiger partial charge in [-0.15, -0.1) is 0 Å². The fraction of sp³-hybridized carbons (Fsp3) is 0.118. The van der Waals surface area contributed by atoms with E-state index in [0.717, 1.165) is 22.3 Å². The minimum Gasteiger partial charge on any atom is -0.330 e. The number of halogens is 2. The second-order valence-corrected chi connectivity index (χ2v) is 5.83. The lowest BCUT2D eigenvalue weighted by Crippen LogP contribution is -2.05. The van der Waals surface area contributed by atoms with E-state index in [1.807, 2.05) is 35.0 Å². The normalized spacial score (nSPS) is 10.8. The summed E-state index contributed by atoms with van der Waals surface area (Å²) in [5.41, 5.74) is 2.12. The molecule has 1 heterocycles. The summed E-state index contributed by atoms with van der Waals surface area (Å²) >= 11 is 3.32. The third-order valence-electron chi connectivity index (χ3n) is 3.28. The van der Waals surface area contributed by atoms with Crippen molar-refractivity contribution < 1.29 is 4.39 Å². The molecule has 0 bridgehead atoms. The van der Waals surface area contributed by atoms with Crippen molar-refractivity contribution >= 4 is 15.9 Å². The lowest BCUT2D eigenvalue weighted by atomic mass is 10.1. The van der Waals surface area contributed by atoms with Gasteiger partial charge in [-0.05, 0) is 29.3 Å². The van der Waals surface area contributed by atoms with Crippen LogP contribution in [-0.2, 0) is 13.0 Å². The van der Waals surface area contributed by atoms with Gasteiger partial charge in [-0.25, -0.2) is 9.37 Å². The number of hydrogen-bond acceptors (Lipinski definition) is 1. The molecular weight excluding hydrogens is 331 g/mol. The molecule has 2 nitrogen and oxygen atoms in total. The van der Waals surface area contributed by atoms with Gasteiger partial charge in [0.2, 0.25) is 0 Å². The number of rotatable bonds is 4. The van der Waals surface area contributed by atoms with Crippen molar-refractivity contribution in [3.63, 3.8) is 0 Å². The van der Waals surface area contributed by atoms with Gasteiger partial charge >= 0.3 is 0 Å². The van der Waals surface area contributed by atoms with Crippen molar-refractivity contribution in [1.29, 1.82) is 0 Å². The highest BCUT2D eigenvalue weighted by atomic mass is 79.9. The van der Waals surface area contributed by atoms with E-state index in [4.69, 9.17) is 0 Å². The highest BCUT2D eigenvalue weighted by Crippen LogP contribution is 2.17. The fourth-order valence-electron chi connectivity index (χ4n) is 2.33. The van der Waals surface area contributed by atoms with Crippen LogP contribution in [0.2, 0.25) is 0 Å². The van der Waals surface area contributed by atoms with Gasteiger partial charge < -0.3 is 4.57 Å². The third-order valence-corrected chi connectivity index (χ3v) is 3.74. The average molecular weight is 345 g/mol. The van der Waals surface area contributed by atoms with Crippen LogP contribution in [0.25, 0.3) is 0 Å². The van der Waals surface area contributed by atoms with E-state index < -0.39 is 0 Å². The van der Waals surface area contributed by atoms with Crippen LogP contribution in [0, 0.1) is 5.82 Å². The van der Waals surface area contributed by atoms with Gasteiger partial charge in [0.15, 0.2) is 0 Å². The molecule has 2 aromatic carbocycles. The van der Waals surface area contributed by atoms with Gasteiger partial charge in [-0.1, -0.05) is 46.3 Å². The molecule has 0 aliphatic carbocycles. The molecule has 0 N–H and O–H groups in total. The quantitative estimate of drug-likeness (QED) is 0.684. The minimum absolute atomic E-state index is 0.232. The Morgan fingerprint density at radius 1 is 1.05 bits per heavy atom. The largest absolute Gasteiger partial charge is 0.330 e. The first-order valence-electron chi connectivity index (χ1n) is 6.69. The summed E-state index contributed by atoms with van der Waals surface area (Å²) in [5, 5.41) is 0. The van der Waals surface area contributed by atoms with Gasteiger partial charge in [0.05, 0.1) is 0 Å². The second kappa shape index (κ2) is 6.22. The molecular formula is C17H14BrFN2. The predicted molar refractivity (Wildman–Crippen MR) is 84.7 cm³/mol. The lowest BCUT2D eigenvalue weighted by molar-refractivity contribution is 0.621. The van der Waals surface area contributed by atoms with E-state index in [2.05, 4.69) is 33.0 Å². The molecule has 0 radical (unpaired) electrons. The Labute approximate surface area is 131 Å². The summed E-state index contributed by atoms with van der Waals surface area (Å²) < 4.78 is 16.3. The maximum absolute atomic E-state index is 13.4. The third kappa shape index (κ3) is 3.58. The van der Waals surface area contributed by atoms with Crippen LogP contribution in [0.1, 0.15) is 17.0 Å². The zero-order valence-electron chi connectivity index (χ0n) is 11.3. The average Bonchev–Trinajstić information content (AvgIpc) is 2.86. The summed E-state index contributed by atoms with van der Waals surface area (Å²) in [7, 11) is 0. The Balaban J connectivity index is 1.82. The van der Waals surface area contributed by atoms with Crippen molar-refractivity contribution in [3.05, 3.63) is 88.2 Å². The van der Waals surface area contributed by atoms with Crippen molar-refractivity contribution in [1.82, 2.24) is 9.55 Å². The van der Waals surface area contributed by atoms with Crippen LogP contribution in [-0.4, -0.2) is 9.55 Å². The van der Waals surface area contributed by atoms with Gasteiger partial charge in [0.1, 0.15) is 11.6 Å². The van der Waals surface area contributed by atoms with Crippen LogP contribution < -0.4 is 0 Å². The zero-order valence-corrected chi connectivity index (χ0v) is 12.9. The maximum atomic E-state index is 13.4. The van der Waals surface area contributed by atoms with Crippen LogP contribution in [0.15, 0.2) is 65.4 Å². The Bertz CT molecular complexity index is 717. The van der Waals surface area contributed by atoms with E-state index in [-0.39, 0.29) is 5.82 Å². The Morgan fingerprint density at radius 3 is 2.62 bits per heavy atom. The van der Waals surface area contributed by atoms with E-state index >= 15 is 0 Å². The standard InChI is InChI=1S/C17H14BrFN2/c18-15-8-14(9-16(19)11-15)12-21-7-6-20-17(21)10-13-4-2-1-3-5-13/h1-9,11H,10,12H2. The molecule has 0 spiro atoms. The van der Waals surface area contributed by atoms with E-state index in [9.17, 15) is 4.39 Å². The summed E-state index contributed by atoms with van der Waals surface area (Å²) in [5.74, 6) is 0.741. The van der Waals surface area contributed by atoms with Gasteiger partial charge in [0, 0.05) is 29.8 Å². The van der Waals surface area contributed by atoms with Crippen molar-refractivity contribution in [2.75, 3.05) is 0 Å². The van der Waals surface area contributed by atoms with Gasteiger partial charge in [-0.2, -0.15) is 0 Å². The van der Waals surface area contributed by atoms with Crippen molar-refractivity contribution in [2.45, 2.75) is 13.0 Å². The Kier molecular flexibility index (Phi) is 4.15. The number of hydrogen-bond donors (Lipinski definition) is 0. The van der Waals surface area contributed by atoms with Gasteiger partial charge in [0.25, 0.3) is 0 Å². The first-order valence-corrected chi connectivity index (χ1v) is 7.49. The van der Waals surface area contributed by atoms with Gasteiger partial charge in [-0.3, -0.25) is 0 Å². The number of aromatic nitrogens is 2. The lowest BCUT2D eigenvalue weighted by Gasteiger charge is -2.09. The molecule has 4 heteroatoms. The minimum atomic E-state index is -0.232. The van der Waals surface area contributed by atoms with Crippen LogP contribution in [0.5, 0.6) is 0 Å². The zero-order chi connectivity index (χ0) is 14.7. The fourth-order valence-corrected chi connectivity index (χ4v) is 2.84. The summed E-state index contributed by atoms with van der Waals surface area (Å²) in [6, 6.07) is 15.1. The van der Waals surface area contributed by atoms with Crippen LogP contribution in [0.3, 0.4) is 0 Å². The SMILES string of the molecule is Fc1cc(Br)cc(Cn2ccnc2Cc2ccccc2)c1. The van der Waals surface area contributed by atoms with Crippen LogP contribution in [0.4, 0.5) is 4.39 Å². The number of benzene rings is 2. The molecule has 3 rings (SSSR count). The van der Waals surface area contributed by atoms with E-state index in [1.54, 1.807) is 12.3 Å². The molecule has 0 aliphatic heterocycles. The first kappa shape index (κ1) is 14.0. The highest BCUT2D eigenvalue weighted by molar-refractivity contribution is 9.10. The molecule has 0 aliphatic rings. The molecule has 0 saturated heterocycles. The summed E-state index contributed by atoms with van der Waals surface area (Å²) in [6.07, 6.45) is 4.48. The Hall–Kier alpha value is -1.94. The monoisotopic (exact) mass is 344 g/mol. The Morgan fingerprint density at radius 2 is 1.86 bits per heavy atom. The molecule has 0 saturated carbocycles. The molecule has 21 heavy (non-hydrogen) atoms. The molecule has 0 unspecified atom stereocenters. The topological polar surface area (TPSA) is 17.8 Å².